The Balaban J connectivity index is 1.64. The van der Waals surface area contributed by atoms with Crippen LogP contribution in [0.1, 0.15) is 78.6 Å². The number of carbonyl (C=O) groups excluding carboxylic acids is 2. The van der Waals surface area contributed by atoms with Crippen LogP contribution in [0.4, 0.5) is 0 Å². The molecule has 4 aliphatic rings. The molecular formula is C22H34O4. The second-order valence-corrected chi connectivity index (χ2v) is 10.5. The number of fused-ring (bicyclic) bond motifs is 3. The van der Waals surface area contributed by atoms with Gasteiger partial charge in [0.1, 0.15) is 18.5 Å². The Labute approximate surface area is 157 Å². The van der Waals surface area contributed by atoms with E-state index in [-0.39, 0.29) is 34.7 Å². The molecule has 4 rings (SSSR count). The van der Waals surface area contributed by atoms with Crippen LogP contribution in [0.2, 0.25) is 0 Å². The molecule has 0 heterocycles. The second-order valence-electron chi connectivity index (χ2n) is 10.5. The number of esters is 1. The monoisotopic (exact) mass is 362 g/mol. The lowest BCUT2D eigenvalue weighted by Crippen LogP contribution is -2.56. The number of rotatable bonds is 3. The van der Waals surface area contributed by atoms with Crippen LogP contribution in [0.25, 0.3) is 0 Å². The van der Waals surface area contributed by atoms with Gasteiger partial charge in [-0.05, 0) is 80.0 Å². The standard InChI is InChI=1S/C22H34O4/c1-15(24)26-14-22(25)12-21-10-7-17-19(2,13-23)8-4-9-20(17,3)18(21)6-5-16(22)11-21/h13,16-18,25H,4-12,14H2,1-3H3/t16-,17?,18?,19-,20+,21?,22+/m0/s1. The van der Waals surface area contributed by atoms with Crippen molar-refractivity contribution in [1.82, 2.24) is 0 Å². The van der Waals surface area contributed by atoms with Crippen LogP contribution in [-0.4, -0.2) is 29.6 Å². The Morgan fingerprint density at radius 3 is 2.62 bits per heavy atom. The molecule has 0 aromatic rings. The minimum absolute atomic E-state index is 0.146. The van der Waals surface area contributed by atoms with Gasteiger partial charge in [-0.3, -0.25) is 4.79 Å². The number of ether oxygens (including phenoxy) is 1. The third kappa shape index (κ3) is 2.43. The maximum absolute atomic E-state index is 12.0. The zero-order chi connectivity index (χ0) is 18.8. The second kappa shape index (κ2) is 5.80. The van der Waals surface area contributed by atoms with E-state index in [0.717, 1.165) is 51.4 Å². The number of hydrogen-bond donors (Lipinski definition) is 1. The molecule has 4 saturated carbocycles. The van der Waals surface area contributed by atoms with Crippen molar-refractivity contribution in [2.45, 2.75) is 84.2 Å². The predicted molar refractivity (Wildman–Crippen MR) is 98.3 cm³/mol. The first kappa shape index (κ1) is 18.5. The van der Waals surface area contributed by atoms with E-state index in [1.165, 1.54) is 19.6 Å². The molecule has 0 amide bonds. The first-order valence-electron chi connectivity index (χ1n) is 10.5. The normalized spacial score (nSPS) is 52.7. The van der Waals surface area contributed by atoms with E-state index in [1.807, 2.05) is 0 Å². The van der Waals surface area contributed by atoms with Gasteiger partial charge in [0, 0.05) is 12.3 Å². The Bertz CT molecular complexity index is 617. The zero-order valence-electron chi connectivity index (χ0n) is 16.6. The highest BCUT2D eigenvalue weighted by Gasteiger charge is 2.67. The van der Waals surface area contributed by atoms with E-state index in [0.29, 0.717) is 11.8 Å². The Morgan fingerprint density at radius 2 is 1.92 bits per heavy atom. The summed E-state index contributed by atoms with van der Waals surface area (Å²) in [6, 6.07) is 0. The van der Waals surface area contributed by atoms with Crippen molar-refractivity contribution in [2.24, 2.45) is 34.0 Å². The summed E-state index contributed by atoms with van der Waals surface area (Å²) in [4.78, 5) is 23.3. The highest BCUT2D eigenvalue weighted by molar-refractivity contribution is 5.66. The van der Waals surface area contributed by atoms with Gasteiger partial charge in [0.25, 0.3) is 0 Å². The molecular weight excluding hydrogens is 328 g/mol. The van der Waals surface area contributed by atoms with Crippen LogP contribution in [0.5, 0.6) is 0 Å². The summed E-state index contributed by atoms with van der Waals surface area (Å²) in [6.07, 6.45) is 10.8. The summed E-state index contributed by atoms with van der Waals surface area (Å²) in [6.45, 7) is 6.18. The van der Waals surface area contributed by atoms with Gasteiger partial charge in [-0.25, -0.2) is 0 Å². The molecule has 4 aliphatic carbocycles. The van der Waals surface area contributed by atoms with Gasteiger partial charge < -0.3 is 14.6 Å². The molecule has 0 aromatic carbocycles. The Kier molecular flexibility index (Phi) is 4.12. The number of hydrogen-bond acceptors (Lipinski definition) is 4. The molecule has 0 saturated heterocycles. The van der Waals surface area contributed by atoms with Crippen LogP contribution >= 0.6 is 0 Å². The molecule has 26 heavy (non-hydrogen) atoms. The van der Waals surface area contributed by atoms with Gasteiger partial charge in [0.15, 0.2) is 0 Å². The first-order chi connectivity index (χ1) is 12.2. The fourth-order valence-electron chi connectivity index (χ4n) is 8.21. The molecule has 4 fully saturated rings. The SMILES string of the molecule is CC(=O)OC[C@]1(O)CC23CCC4[C@@](C)(CCC[C@@]4(C)C=O)C2CC[C@H]1C3. The molecule has 3 unspecified atom stereocenters. The lowest BCUT2D eigenvalue weighted by atomic mass is 9.41. The number of aldehydes is 1. The van der Waals surface area contributed by atoms with Crippen molar-refractivity contribution in [3.8, 4) is 0 Å². The van der Waals surface area contributed by atoms with Crippen molar-refractivity contribution in [3.63, 3.8) is 0 Å². The fourth-order valence-corrected chi connectivity index (χ4v) is 8.21. The molecule has 0 aromatic heterocycles. The maximum Gasteiger partial charge on any atom is 0.302 e. The predicted octanol–water partition coefficient (Wildman–Crippen LogP) is 3.89. The average Bonchev–Trinajstić information content (AvgIpc) is 2.79. The van der Waals surface area contributed by atoms with E-state index in [9.17, 15) is 14.7 Å². The highest BCUT2D eigenvalue weighted by Crippen LogP contribution is 2.72. The molecule has 7 atom stereocenters. The number of carbonyl (C=O) groups is 2. The van der Waals surface area contributed by atoms with Crippen LogP contribution in [0.3, 0.4) is 0 Å². The first-order valence-corrected chi connectivity index (χ1v) is 10.5. The van der Waals surface area contributed by atoms with E-state index < -0.39 is 5.60 Å². The van der Waals surface area contributed by atoms with Crippen LogP contribution < -0.4 is 0 Å². The van der Waals surface area contributed by atoms with Crippen molar-refractivity contribution < 1.29 is 19.4 Å². The fraction of sp³-hybridized carbons (Fsp3) is 0.909. The van der Waals surface area contributed by atoms with Crippen molar-refractivity contribution in [3.05, 3.63) is 0 Å². The summed E-state index contributed by atoms with van der Waals surface area (Å²) < 4.78 is 5.26. The van der Waals surface area contributed by atoms with Crippen molar-refractivity contribution in [1.29, 1.82) is 0 Å². The lowest BCUT2D eigenvalue weighted by molar-refractivity contribution is -0.158. The van der Waals surface area contributed by atoms with Gasteiger partial charge in [-0.2, -0.15) is 0 Å². The summed E-state index contributed by atoms with van der Waals surface area (Å²) >= 11 is 0. The van der Waals surface area contributed by atoms with Gasteiger partial charge in [-0.15, -0.1) is 0 Å². The Hall–Kier alpha value is -0.900. The smallest absolute Gasteiger partial charge is 0.302 e. The average molecular weight is 363 g/mol. The molecule has 0 radical (unpaired) electrons. The minimum atomic E-state index is -0.855. The minimum Gasteiger partial charge on any atom is -0.463 e. The highest BCUT2D eigenvalue weighted by atomic mass is 16.5. The summed E-state index contributed by atoms with van der Waals surface area (Å²) in [5.74, 6) is 0.990. The van der Waals surface area contributed by atoms with Crippen molar-refractivity contribution >= 4 is 12.3 Å². The summed E-state index contributed by atoms with van der Waals surface area (Å²) in [5.41, 5.74) is -0.668. The Morgan fingerprint density at radius 1 is 1.15 bits per heavy atom. The molecule has 0 aliphatic heterocycles. The lowest BCUT2D eigenvalue weighted by Gasteiger charge is -2.63. The third-order valence-corrected chi connectivity index (χ3v) is 9.16. The van der Waals surface area contributed by atoms with Gasteiger partial charge >= 0.3 is 5.97 Å². The molecule has 2 bridgehead atoms. The molecule has 1 N–H and O–H groups in total. The summed E-state index contributed by atoms with van der Waals surface area (Å²) in [7, 11) is 0. The van der Waals surface area contributed by atoms with Gasteiger partial charge in [-0.1, -0.05) is 20.3 Å². The van der Waals surface area contributed by atoms with E-state index in [4.69, 9.17) is 4.74 Å². The molecule has 4 heteroatoms. The van der Waals surface area contributed by atoms with Crippen molar-refractivity contribution in [2.75, 3.05) is 6.61 Å². The summed E-state index contributed by atoms with van der Waals surface area (Å²) in [5, 5.41) is 11.3. The van der Waals surface area contributed by atoms with Crippen LogP contribution in [0, 0.1) is 34.0 Å². The van der Waals surface area contributed by atoms with Crippen LogP contribution in [0.15, 0.2) is 0 Å². The van der Waals surface area contributed by atoms with Crippen LogP contribution in [-0.2, 0) is 14.3 Å². The molecule has 4 nitrogen and oxygen atoms in total. The molecule has 146 valence electrons. The third-order valence-electron chi connectivity index (χ3n) is 9.16. The number of aliphatic hydroxyl groups is 1. The van der Waals surface area contributed by atoms with Gasteiger partial charge in [0.05, 0.1) is 0 Å². The van der Waals surface area contributed by atoms with E-state index >= 15 is 0 Å². The van der Waals surface area contributed by atoms with Gasteiger partial charge in [0.2, 0.25) is 0 Å². The van der Waals surface area contributed by atoms with E-state index in [1.54, 1.807) is 0 Å². The topological polar surface area (TPSA) is 63.6 Å². The zero-order valence-corrected chi connectivity index (χ0v) is 16.6. The largest absolute Gasteiger partial charge is 0.463 e. The molecule has 1 spiro atoms. The quantitative estimate of drug-likeness (QED) is 0.611. The maximum atomic E-state index is 12.0. The van der Waals surface area contributed by atoms with E-state index in [2.05, 4.69) is 13.8 Å².